The molecule has 1 aliphatic carbocycles. The Balaban J connectivity index is 1.61. The average molecular weight is 367 g/mol. The third kappa shape index (κ3) is 3.80. The standard InChI is InChI=1S/C22H38O4/c1-5-6-7-8-9-10-11-12-13-14-17-25-19(24)22-16-15-21(4,18(23)26-22)20(22,2)3/h5-17H2,1-4H3. The fourth-order valence-corrected chi connectivity index (χ4v) is 4.57. The first-order chi connectivity index (χ1) is 12.3. The van der Waals surface area contributed by atoms with Crippen molar-refractivity contribution in [3.63, 3.8) is 0 Å². The van der Waals surface area contributed by atoms with Gasteiger partial charge in [0.15, 0.2) is 0 Å². The molecule has 26 heavy (non-hydrogen) atoms. The van der Waals surface area contributed by atoms with Crippen LogP contribution < -0.4 is 0 Å². The second-order valence-electron chi connectivity index (χ2n) is 8.99. The zero-order valence-corrected chi connectivity index (χ0v) is 17.3. The topological polar surface area (TPSA) is 52.6 Å². The van der Waals surface area contributed by atoms with E-state index in [1.807, 2.05) is 20.8 Å². The van der Waals surface area contributed by atoms with Crippen LogP contribution in [-0.4, -0.2) is 24.1 Å². The Hall–Kier alpha value is -1.06. The summed E-state index contributed by atoms with van der Waals surface area (Å²) in [5.74, 6) is -0.586. The Bertz CT molecular complexity index is 498. The smallest absolute Gasteiger partial charge is 0.351 e. The first-order valence-electron chi connectivity index (χ1n) is 10.7. The Morgan fingerprint density at radius 1 is 0.923 bits per heavy atom. The molecule has 1 saturated heterocycles. The van der Waals surface area contributed by atoms with Crippen LogP contribution in [0.2, 0.25) is 0 Å². The molecule has 0 radical (unpaired) electrons. The molecule has 0 aromatic heterocycles. The second kappa shape index (κ2) is 8.75. The minimum absolute atomic E-state index is 0.246. The quantitative estimate of drug-likeness (QED) is 0.334. The van der Waals surface area contributed by atoms with Gasteiger partial charge in [-0.3, -0.25) is 4.79 Å². The van der Waals surface area contributed by atoms with Crippen molar-refractivity contribution in [1.29, 1.82) is 0 Å². The Morgan fingerprint density at radius 2 is 1.46 bits per heavy atom. The molecule has 2 rings (SSSR count). The molecular formula is C22H38O4. The average Bonchev–Trinajstić information content (AvgIpc) is 2.90. The first-order valence-corrected chi connectivity index (χ1v) is 10.7. The number of carbonyl (C=O) groups excluding carboxylic acids is 2. The second-order valence-corrected chi connectivity index (χ2v) is 8.99. The molecular weight excluding hydrogens is 328 g/mol. The largest absolute Gasteiger partial charge is 0.463 e. The molecule has 150 valence electrons. The zero-order valence-electron chi connectivity index (χ0n) is 17.3. The molecule has 1 aliphatic heterocycles. The highest BCUT2D eigenvalue weighted by Crippen LogP contribution is 2.65. The fraction of sp³-hybridized carbons (Fsp3) is 0.909. The van der Waals surface area contributed by atoms with Gasteiger partial charge in [0.05, 0.1) is 12.0 Å². The highest BCUT2D eigenvalue weighted by molar-refractivity contribution is 5.93. The molecule has 0 amide bonds. The fourth-order valence-electron chi connectivity index (χ4n) is 4.57. The molecule has 2 atom stereocenters. The predicted octanol–water partition coefficient (Wildman–Crippen LogP) is 5.57. The zero-order chi connectivity index (χ0) is 19.3. The summed E-state index contributed by atoms with van der Waals surface area (Å²) in [6, 6.07) is 0. The SMILES string of the molecule is CCCCCCCCCCCCOC(=O)C12CCC(C)(C(=O)O1)C2(C)C. The van der Waals surface area contributed by atoms with Crippen LogP contribution in [0.1, 0.15) is 105 Å². The summed E-state index contributed by atoms with van der Waals surface area (Å²) in [5, 5.41) is 0. The van der Waals surface area contributed by atoms with Gasteiger partial charge in [0.2, 0.25) is 5.60 Å². The Morgan fingerprint density at radius 3 is 1.92 bits per heavy atom. The van der Waals surface area contributed by atoms with E-state index in [9.17, 15) is 9.59 Å². The number of carbonyl (C=O) groups is 2. The van der Waals surface area contributed by atoms with Crippen molar-refractivity contribution in [2.24, 2.45) is 10.8 Å². The molecule has 4 heteroatoms. The summed E-state index contributed by atoms with van der Waals surface area (Å²) in [7, 11) is 0. The molecule has 2 unspecified atom stereocenters. The van der Waals surface area contributed by atoms with Crippen LogP contribution in [0, 0.1) is 10.8 Å². The third-order valence-electron chi connectivity index (χ3n) is 7.14. The van der Waals surface area contributed by atoms with Crippen molar-refractivity contribution < 1.29 is 19.1 Å². The van der Waals surface area contributed by atoms with Crippen LogP contribution in [0.3, 0.4) is 0 Å². The van der Waals surface area contributed by atoms with Gasteiger partial charge in [0.1, 0.15) is 0 Å². The van der Waals surface area contributed by atoms with E-state index >= 15 is 0 Å². The summed E-state index contributed by atoms with van der Waals surface area (Å²) >= 11 is 0. The van der Waals surface area contributed by atoms with Crippen LogP contribution in [0.25, 0.3) is 0 Å². The van der Waals surface area contributed by atoms with E-state index < -0.39 is 16.4 Å². The number of hydrogen-bond acceptors (Lipinski definition) is 4. The summed E-state index contributed by atoms with van der Waals surface area (Å²) in [6.07, 6.45) is 13.8. The van der Waals surface area contributed by atoms with Gasteiger partial charge < -0.3 is 9.47 Å². The van der Waals surface area contributed by atoms with Gasteiger partial charge >= 0.3 is 11.9 Å². The number of hydrogen-bond donors (Lipinski definition) is 0. The molecule has 0 spiro atoms. The van der Waals surface area contributed by atoms with Crippen LogP contribution in [0.5, 0.6) is 0 Å². The van der Waals surface area contributed by atoms with E-state index in [2.05, 4.69) is 6.92 Å². The van der Waals surface area contributed by atoms with Gasteiger partial charge in [-0.1, -0.05) is 78.6 Å². The first kappa shape index (κ1) is 21.2. The highest BCUT2D eigenvalue weighted by atomic mass is 16.6. The number of esters is 2. The molecule has 0 N–H and O–H groups in total. The van der Waals surface area contributed by atoms with Crippen molar-refractivity contribution >= 4 is 11.9 Å². The molecule has 0 aromatic carbocycles. The Labute approximate surface area is 159 Å². The van der Waals surface area contributed by atoms with Gasteiger partial charge in [-0.2, -0.15) is 0 Å². The van der Waals surface area contributed by atoms with Crippen molar-refractivity contribution in [2.75, 3.05) is 6.61 Å². The molecule has 2 fully saturated rings. The summed E-state index contributed by atoms with van der Waals surface area (Å²) < 4.78 is 11.1. The third-order valence-corrected chi connectivity index (χ3v) is 7.14. The van der Waals surface area contributed by atoms with E-state index in [-0.39, 0.29) is 11.9 Å². The highest BCUT2D eigenvalue weighted by Gasteiger charge is 2.76. The molecule has 2 bridgehead atoms. The van der Waals surface area contributed by atoms with Gasteiger partial charge in [-0.15, -0.1) is 0 Å². The molecule has 2 aliphatic rings. The van der Waals surface area contributed by atoms with Crippen molar-refractivity contribution in [2.45, 2.75) is 110 Å². The minimum Gasteiger partial charge on any atom is -0.463 e. The monoisotopic (exact) mass is 366 g/mol. The van der Waals surface area contributed by atoms with Crippen LogP contribution in [0.15, 0.2) is 0 Å². The molecule has 1 heterocycles. The van der Waals surface area contributed by atoms with E-state index in [1.165, 1.54) is 51.4 Å². The number of fused-ring (bicyclic) bond motifs is 2. The van der Waals surface area contributed by atoms with E-state index in [1.54, 1.807) is 0 Å². The van der Waals surface area contributed by atoms with Crippen molar-refractivity contribution in [3.8, 4) is 0 Å². The normalized spacial score (nSPS) is 29.0. The van der Waals surface area contributed by atoms with E-state index in [0.29, 0.717) is 19.4 Å². The molecule has 0 aromatic rings. The number of ether oxygens (including phenoxy) is 2. The minimum atomic E-state index is -1.07. The van der Waals surface area contributed by atoms with Crippen molar-refractivity contribution in [3.05, 3.63) is 0 Å². The lowest BCUT2D eigenvalue weighted by atomic mass is 9.66. The Kier molecular flexibility index (Phi) is 7.15. The van der Waals surface area contributed by atoms with Crippen molar-refractivity contribution in [1.82, 2.24) is 0 Å². The number of unbranched alkanes of at least 4 members (excludes halogenated alkanes) is 9. The summed E-state index contributed by atoms with van der Waals surface area (Å²) in [6.45, 7) is 8.52. The van der Waals surface area contributed by atoms with Gasteiger partial charge in [0.25, 0.3) is 0 Å². The lowest BCUT2D eigenvalue weighted by Gasteiger charge is -2.34. The van der Waals surface area contributed by atoms with Crippen LogP contribution in [-0.2, 0) is 19.1 Å². The van der Waals surface area contributed by atoms with Gasteiger partial charge in [-0.25, -0.2) is 4.79 Å². The number of rotatable bonds is 12. The lowest BCUT2D eigenvalue weighted by molar-refractivity contribution is -0.183. The lowest BCUT2D eigenvalue weighted by Crippen LogP contribution is -2.48. The maximum atomic E-state index is 12.7. The maximum absolute atomic E-state index is 12.7. The molecule has 1 saturated carbocycles. The molecule has 4 nitrogen and oxygen atoms in total. The van der Waals surface area contributed by atoms with Crippen LogP contribution in [0.4, 0.5) is 0 Å². The van der Waals surface area contributed by atoms with Gasteiger partial charge in [-0.05, 0) is 26.2 Å². The van der Waals surface area contributed by atoms with E-state index in [4.69, 9.17) is 9.47 Å². The summed E-state index contributed by atoms with van der Waals surface area (Å²) in [4.78, 5) is 24.9. The predicted molar refractivity (Wildman–Crippen MR) is 103 cm³/mol. The maximum Gasteiger partial charge on any atom is 0.351 e. The van der Waals surface area contributed by atoms with Gasteiger partial charge in [0, 0.05) is 5.41 Å². The van der Waals surface area contributed by atoms with E-state index in [0.717, 1.165) is 12.8 Å². The summed E-state index contributed by atoms with van der Waals surface area (Å²) in [5.41, 5.74) is -2.15. The van der Waals surface area contributed by atoms with Crippen LogP contribution >= 0.6 is 0 Å².